The fourth-order valence-electron chi connectivity index (χ4n) is 2.75. The van der Waals surface area contributed by atoms with E-state index in [4.69, 9.17) is 0 Å². The molecule has 1 aliphatic carbocycles. The predicted molar refractivity (Wildman–Crippen MR) is 84.7 cm³/mol. The fourth-order valence-corrected chi connectivity index (χ4v) is 2.75. The SMILES string of the molecule is O=C(NCC1(O)Cc2ccccc2C1)C(=O)Nc1cccnc1. The van der Waals surface area contributed by atoms with Gasteiger partial charge in [0.2, 0.25) is 0 Å². The molecule has 0 saturated carbocycles. The zero-order valence-corrected chi connectivity index (χ0v) is 12.5. The second-order valence-electron chi connectivity index (χ2n) is 5.73. The van der Waals surface area contributed by atoms with E-state index in [1.54, 1.807) is 18.3 Å². The molecule has 2 aromatic rings. The molecule has 0 atom stereocenters. The number of carbonyl (C=O) groups excluding carboxylic acids is 2. The minimum atomic E-state index is -1.05. The van der Waals surface area contributed by atoms with E-state index in [0.717, 1.165) is 11.1 Å². The van der Waals surface area contributed by atoms with E-state index in [-0.39, 0.29) is 6.54 Å². The Hall–Kier alpha value is -2.73. The maximum Gasteiger partial charge on any atom is 0.313 e. The molecule has 23 heavy (non-hydrogen) atoms. The largest absolute Gasteiger partial charge is 0.387 e. The molecular weight excluding hydrogens is 294 g/mol. The van der Waals surface area contributed by atoms with Crippen molar-refractivity contribution >= 4 is 17.5 Å². The molecule has 6 nitrogen and oxygen atoms in total. The topological polar surface area (TPSA) is 91.3 Å². The normalized spacial score (nSPS) is 14.8. The molecule has 0 saturated heterocycles. The Balaban J connectivity index is 1.54. The van der Waals surface area contributed by atoms with Crippen molar-refractivity contribution in [2.24, 2.45) is 0 Å². The number of anilines is 1. The summed E-state index contributed by atoms with van der Waals surface area (Å²) in [5.74, 6) is -1.56. The second-order valence-corrected chi connectivity index (χ2v) is 5.73. The summed E-state index contributed by atoms with van der Waals surface area (Å²) >= 11 is 0. The van der Waals surface area contributed by atoms with Crippen LogP contribution < -0.4 is 10.6 Å². The molecule has 0 unspecified atom stereocenters. The van der Waals surface area contributed by atoms with Crippen LogP contribution in [0.15, 0.2) is 48.8 Å². The Morgan fingerprint density at radius 1 is 1.09 bits per heavy atom. The summed E-state index contributed by atoms with van der Waals surface area (Å²) in [6, 6.07) is 11.1. The van der Waals surface area contributed by atoms with Gasteiger partial charge in [0, 0.05) is 25.6 Å². The van der Waals surface area contributed by atoms with Crippen molar-refractivity contribution in [2.45, 2.75) is 18.4 Å². The molecule has 0 bridgehead atoms. The number of nitrogens with one attached hydrogen (secondary N) is 2. The van der Waals surface area contributed by atoms with Crippen molar-refractivity contribution in [3.8, 4) is 0 Å². The fraction of sp³-hybridized carbons (Fsp3) is 0.235. The van der Waals surface area contributed by atoms with Gasteiger partial charge in [-0.15, -0.1) is 0 Å². The number of amides is 2. The van der Waals surface area contributed by atoms with E-state index in [1.165, 1.54) is 6.20 Å². The van der Waals surface area contributed by atoms with Gasteiger partial charge in [-0.3, -0.25) is 14.6 Å². The van der Waals surface area contributed by atoms with Gasteiger partial charge in [0.15, 0.2) is 0 Å². The maximum atomic E-state index is 11.9. The lowest BCUT2D eigenvalue weighted by molar-refractivity contribution is -0.136. The Kier molecular flexibility index (Phi) is 4.08. The quantitative estimate of drug-likeness (QED) is 0.727. The number of nitrogens with zero attached hydrogens (tertiary/aromatic N) is 1. The van der Waals surface area contributed by atoms with Gasteiger partial charge in [0.05, 0.1) is 17.5 Å². The number of fused-ring (bicyclic) bond motifs is 1. The lowest BCUT2D eigenvalue weighted by atomic mass is 10.0. The molecular formula is C17H17N3O3. The van der Waals surface area contributed by atoms with Crippen molar-refractivity contribution in [3.63, 3.8) is 0 Å². The van der Waals surface area contributed by atoms with Gasteiger partial charge in [0.25, 0.3) is 0 Å². The number of carbonyl (C=O) groups is 2. The molecule has 2 amide bonds. The minimum absolute atomic E-state index is 0.0287. The smallest absolute Gasteiger partial charge is 0.313 e. The molecule has 6 heteroatoms. The van der Waals surface area contributed by atoms with E-state index in [2.05, 4.69) is 15.6 Å². The lowest BCUT2D eigenvalue weighted by Gasteiger charge is -2.22. The zero-order chi connectivity index (χ0) is 16.3. The summed E-state index contributed by atoms with van der Waals surface area (Å²) in [4.78, 5) is 27.5. The number of pyridine rings is 1. The molecule has 3 N–H and O–H groups in total. The molecule has 0 spiro atoms. The highest BCUT2D eigenvalue weighted by Crippen LogP contribution is 2.29. The first-order valence-corrected chi connectivity index (χ1v) is 7.34. The van der Waals surface area contributed by atoms with Crippen molar-refractivity contribution in [1.29, 1.82) is 0 Å². The van der Waals surface area contributed by atoms with Gasteiger partial charge in [-0.1, -0.05) is 24.3 Å². The van der Waals surface area contributed by atoms with Crippen molar-refractivity contribution < 1.29 is 14.7 Å². The number of aromatic nitrogens is 1. The van der Waals surface area contributed by atoms with Crippen LogP contribution in [0.5, 0.6) is 0 Å². The maximum absolute atomic E-state index is 11.9. The standard InChI is InChI=1S/C17H17N3O3/c21-15(16(22)20-14-6-3-7-18-10-14)19-11-17(23)8-12-4-1-2-5-13(12)9-17/h1-7,10,23H,8-9,11H2,(H,19,21)(H,20,22). The molecule has 3 rings (SSSR count). The number of aliphatic hydroxyl groups is 1. The monoisotopic (exact) mass is 311 g/mol. The Morgan fingerprint density at radius 3 is 2.39 bits per heavy atom. The molecule has 0 radical (unpaired) electrons. The average Bonchev–Trinajstić information content (AvgIpc) is 2.90. The molecule has 1 aliphatic rings. The third-order valence-electron chi connectivity index (χ3n) is 3.86. The predicted octanol–water partition coefficient (Wildman–Crippen LogP) is 0.666. The lowest BCUT2D eigenvalue weighted by Crippen LogP contribution is -2.46. The van der Waals surface area contributed by atoms with Gasteiger partial charge < -0.3 is 15.7 Å². The first kappa shape index (κ1) is 15.2. The summed E-state index contributed by atoms with van der Waals surface area (Å²) < 4.78 is 0. The molecule has 0 aliphatic heterocycles. The third-order valence-corrected chi connectivity index (χ3v) is 3.86. The Morgan fingerprint density at radius 2 is 1.78 bits per heavy atom. The highest BCUT2D eigenvalue weighted by Gasteiger charge is 2.35. The van der Waals surface area contributed by atoms with Gasteiger partial charge in [0.1, 0.15) is 0 Å². The highest BCUT2D eigenvalue weighted by molar-refractivity contribution is 6.39. The summed E-state index contributed by atoms with van der Waals surface area (Å²) in [6.45, 7) is 0.0287. The van der Waals surface area contributed by atoms with Crippen molar-refractivity contribution in [3.05, 3.63) is 59.9 Å². The summed E-state index contributed by atoms with van der Waals surface area (Å²) in [5, 5.41) is 15.5. The van der Waals surface area contributed by atoms with Gasteiger partial charge in [-0.25, -0.2) is 0 Å². The van der Waals surface area contributed by atoms with Gasteiger partial charge >= 0.3 is 11.8 Å². The Bertz CT molecular complexity index is 706. The van der Waals surface area contributed by atoms with Crippen LogP contribution in [0.2, 0.25) is 0 Å². The number of hydrogen-bond acceptors (Lipinski definition) is 4. The van der Waals surface area contributed by atoms with Crippen LogP contribution in [0.25, 0.3) is 0 Å². The second kappa shape index (κ2) is 6.18. The molecule has 1 aromatic heterocycles. The number of rotatable bonds is 3. The van der Waals surface area contributed by atoms with Crippen LogP contribution in [0.4, 0.5) is 5.69 Å². The summed E-state index contributed by atoms with van der Waals surface area (Å²) in [5.41, 5.74) is 1.54. The summed E-state index contributed by atoms with van der Waals surface area (Å²) in [6.07, 6.45) is 3.96. The van der Waals surface area contributed by atoms with E-state index >= 15 is 0 Å². The molecule has 1 aromatic carbocycles. The summed E-state index contributed by atoms with van der Waals surface area (Å²) in [7, 11) is 0. The van der Waals surface area contributed by atoms with Crippen LogP contribution in [0.1, 0.15) is 11.1 Å². The van der Waals surface area contributed by atoms with E-state index in [9.17, 15) is 14.7 Å². The number of hydrogen-bond donors (Lipinski definition) is 3. The molecule has 118 valence electrons. The van der Waals surface area contributed by atoms with E-state index < -0.39 is 17.4 Å². The first-order valence-electron chi connectivity index (χ1n) is 7.34. The van der Waals surface area contributed by atoms with Crippen LogP contribution >= 0.6 is 0 Å². The average molecular weight is 311 g/mol. The van der Waals surface area contributed by atoms with E-state index in [1.807, 2.05) is 24.3 Å². The Labute approximate surface area is 133 Å². The van der Waals surface area contributed by atoms with Crippen LogP contribution in [-0.4, -0.2) is 34.1 Å². The third kappa shape index (κ3) is 3.54. The van der Waals surface area contributed by atoms with Crippen LogP contribution in [0.3, 0.4) is 0 Å². The highest BCUT2D eigenvalue weighted by atomic mass is 16.3. The zero-order valence-electron chi connectivity index (χ0n) is 12.5. The van der Waals surface area contributed by atoms with Crippen LogP contribution in [-0.2, 0) is 22.4 Å². The number of benzene rings is 1. The minimum Gasteiger partial charge on any atom is -0.387 e. The van der Waals surface area contributed by atoms with Crippen LogP contribution in [0, 0.1) is 0 Å². The van der Waals surface area contributed by atoms with Gasteiger partial charge in [-0.2, -0.15) is 0 Å². The first-order chi connectivity index (χ1) is 11.1. The van der Waals surface area contributed by atoms with E-state index in [0.29, 0.717) is 18.5 Å². The molecule has 0 fully saturated rings. The van der Waals surface area contributed by atoms with Gasteiger partial charge in [-0.05, 0) is 23.3 Å². The molecule has 1 heterocycles. The van der Waals surface area contributed by atoms with Crippen molar-refractivity contribution in [2.75, 3.05) is 11.9 Å². The van der Waals surface area contributed by atoms with Crippen molar-refractivity contribution in [1.82, 2.24) is 10.3 Å².